The molecule has 0 spiro atoms. The maximum absolute atomic E-state index is 10.7. The quantitative estimate of drug-likeness (QED) is 0.748. The van der Waals surface area contributed by atoms with E-state index in [2.05, 4.69) is 4.98 Å². The minimum atomic E-state index is -0.679. The number of nitrogens with two attached hydrogens (primary N) is 1. The maximum atomic E-state index is 10.7. The first-order chi connectivity index (χ1) is 6.57. The number of carbonyl (C=O) groups is 1. The summed E-state index contributed by atoms with van der Waals surface area (Å²) >= 11 is 5.70. The van der Waals surface area contributed by atoms with Gasteiger partial charge in [0.15, 0.2) is 0 Å². The number of hydrogen-bond acceptors (Lipinski definition) is 2. The monoisotopic (exact) mass is 213 g/mol. The lowest BCUT2D eigenvalue weighted by atomic mass is 10.2. The molecule has 0 atom stereocenters. The topological polar surface area (TPSA) is 82.7 Å². The normalized spacial score (nSPS) is 8.50. The zero-order valence-electron chi connectivity index (χ0n) is 8.31. The predicted octanol–water partition coefficient (Wildman–Crippen LogP) is 1.97. The summed E-state index contributed by atoms with van der Waals surface area (Å²) in [5, 5.41) is 8.86. The van der Waals surface area contributed by atoms with Gasteiger partial charge < -0.3 is 10.7 Å². The number of aromatic nitrogens is 1. The Labute approximate surface area is 87.7 Å². The summed E-state index contributed by atoms with van der Waals surface area (Å²) in [7, 11) is 0. The lowest BCUT2D eigenvalue weighted by molar-refractivity contribution is 0.0996. The highest BCUT2D eigenvalue weighted by Gasteiger charge is 2.16. The molecule has 4 nitrogen and oxygen atoms in total. The number of halogens is 1. The van der Waals surface area contributed by atoms with E-state index in [0.29, 0.717) is 5.69 Å². The minimum absolute atomic E-state index is 0.0694. The SMILES string of the molecule is CC.Cc1[nH]c(C(N)=O)c(C#N)c1Cl. The molecule has 76 valence electrons. The fourth-order valence-electron chi connectivity index (χ4n) is 0.892. The molecule has 0 aromatic carbocycles. The van der Waals surface area contributed by atoms with Crippen molar-refractivity contribution in [2.45, 2.75) is 20.8 Å². The Hall–Kier alpha value is -1.47. The van der Waals surface area contributed by atoms with Crippen LogP contribution in [0.5, 0.6) is 0 Å². The number of hydrogen-bond donors (Lipinski definition) is 2. The lowest BCUT2D eigenvalue weighted by Gasteiger charge is -1.88. The van der Waals surface area contributed by atoms with E-state index >= 15 is 0 Å². The molecule has 0 radical (unpaired) electrons. The summed E-state index contributed by atoms with van der Waals surface area (Å²) in [6.07, 6.45) is 0. The average Bonchev–Trinajstić information content (AvgIpc) is 2.47. The van der Waals surface area contributed by atoms with Crippen LogP contribution in [0.3, 0.4) is 0 Å². The van der Waals surface area contributed by atoms with Crippen molar-refractivity contribution < 1.29 is 4.79 Å². The van der Waals surface area contributed by atoms with Gasteiger partial charge in [-0.2, -0.15) is 5.26 Å². The highest BCUT2D eigenvalue weighted by Crippen LogP contribution is 2.22. The smallest absolute Gasteiger partial charge is 0.266 e. The maximum Gasteiger partial charge on any atom is 0.266 e. The molecule has 1 rings (SSSR count). The summed E-state index contributed by atoms with van der Waals surface area (Å²) in [6, 6.07) is 1.80. The van der Waals surface area contributed by atoms with Crippen LogP contribution >= 0.6 is 11.6 Å². The van der Waals surface area contributed by atoms with E-state index in [-0.39, 0.29) is 16.3 Å². The van der Waals surface area contributed by atoms with E-state index in [0.717, 1.165) is 0 Å². The van der Waals surface area contributed by atoms with Gasteiger partial charge in [0.25, 0.3) is 5.91 Å². The molecule has 1 aromatic rings. The van der Waals surface area contributed by atoms with Crippen molar-refractivity contribution in [2.75, 3.05) is 0 Å². The van der Waals surface area contributed by atoms with Crippen molar-refractivity contribution in [3.63, 3.8) is 0 Å². The molecule has 1 amide bonds. The van der Waals surface area contributed by atoms with E-state index in [4.69, 9.17) is 22.6 Å². The number of nitrogens with zero attached hydrogens (tertiary/aromatic N) is 1. The lowest BCUT2D eigenvalue weighted by Crippen LogP contribution is -2.12. The van der Waals surface area contributed by atoms with Crippen molar-refractivity contribution in [3.05, 3.63) is 22.0 Å². The van der Waals surface area contributed by atoms with Crippen LogP contribution in [0.1, 0.15) is 35.6 Å². The molecular formula is C9H12ClN3O. The second kappa shape index (κ2) is 5.30. The van der Waals surface area contributed by atoms with E-state index < -0.39 is 5.91 Å². The Bertz CT molecular complexity index is 376. The van der Waals surface area contributed by atoms with E-state index in [1.807, 2.05) is 13.8 Å². The van der Waals surface area contributed by atoms with Gasteiger partial charge >= 0.3 is 0 Å². The van der Waals surface area contributed by atoms with Gasteiger partial charge in [-0.1, -0.05) is 25.4 Å². The first kappa shape index (κ1) is 12.5. The molecular weight excluding hydrogens is 202 g/mol. The van der Waals surface area contributed by atoms with Gasteiger partial charge in [-0.3, -0.25) is 4.79 Å². The van der Waals surface area contributed by atoms with Gasteiger partial charge in [0.2, 0.25) is 0 Å². The number of H-pyrrole nitrogens is 1. The average molecular weight is 214 g/mol. The predicted molar refractivity (Wildman–Crippen MR) is 55.1 cm³/mol. The molecule has 0 bridgehead atoms. The third-order valence-corrected chi connectivity index (χ3v) is 1.94. The molecule has 0 aliphatic carbocycles. The zero-order valence-corrected chi connectivity index (χ0v) is 9.07. The number of aryl methyl sites for hydroxylation is 1. The third-order valence-electron chi connectivity index (χ3n) is 1.47. The number of aromatic amines is 1. The Morgan fingerprint density at radius 1 is 1.57 bits per heavy atom. The molecule has 5 heteroatoms. The molecule has 1 aromatic heterocycles. The summed E-state index contributed by atoms with van der Waals surface area (Å²) in [4.78, 5) is 13.4. The van der Waals surface area contributed by atoms with Crippen molar-refractivity contribution in [1.29, 1.82) is 5.26 Å². The Morgan fingerprint density at radius 3 is 2.36 bits per heavy atom. The van der Waals surface area contributed by atoms with Crippen LogP contribution in [0.25, 0.3) is 0 Å². The first-order valence-corrected chi connectivity index (χ1v) is 4.53. The largest absolute Gasteiger partial charge is 0.364 e. The Morgan fingerprint density at radius 2 is 2.07 bits per heavy atom. The first-order valence-electron chi connectivity index (χ1n) is 4.16. The van der Waals surface area contributed by atoms with Crippen LogP contribution in [0.2, 0.25) is 5.02 Å². The van der Waals surface area contributed by atoms with Crippen molar-refractivity contribution in [1.82, 2.24) is 4.98 Å². The second-order valence-electron chi connectivity index (χ2n) is 2.29. The summed E-state index contributed by atoms with van der Waals surface area (Å²) < 4.78 is 0. The van der Waals surface area contributed by atoms with Gasteiger partial charge in [0.1, 0.15) is 17.3 Å². The molecule has 0 saturated carbocycles. The van der Waals surface area contributed by atoms with Gasteiger partial charge in [0, 0.05) is 5.69 Å². The number of nitrogens with one attached hydrogen (secondary N) is 1. The van der Waals surface area contributed by atoms with Gasteiger partial charge in [-0.25, -0.2) is 0 Å². The van der Waals surface area contributed by atoms with Gasteiger partial charge in [0.05, 0.1) is 5.02 Å². The fourth-order valence-corrected chi connectivity index (χ4v) is 1.08. The van der Waals surface area contributed by atoms with Crippen LogP contribution in [-0.4, -0.2) is 10.9 Å². The van der Waals surface area contributed by atoms with Crippen LogP contribution in [0, 0.1) is 18.3 Å². The van der Waals surface area contributed by atoms with Gasteiger partial charge in [-0.15, -0.1) is 0 Å². The van der Waals surface area contributed by atoms with E-state index in [9.17, 15) is 4.79 Å². The molecule has 0 fully saturated rings. The van der Waals surface area contributed by atoms with Crippen LogP contribution in [-0.2, 0) is 0 Å². The van der Waals surface area contributed by atoms with E-state index in [1.165, 1.54) is 0 Å². The number of nitriles is 1. The summed E-state index contributed by atoms with van der Waals surface area (Å²) in [5.41, 5.74) is 5.75. The molecule has 3 N–H and O–H groups in total. The van der Waals surface area contributed by atoms with Crippen LogP contribution in [0.4, 0.5) is 0 Å². The van der Waals surface area contributed by atoms with Crippen LogP contribution < -0.4 is 5.73 Å². The third kappa shape index (κ3) is 2.27. The molecule has 0 saturated heterocycles. The van der Waals surface area contributed by atoms with Gasteiger partial charge in [-0.05, 0) is 6.92 Å². The van der Waals surface area contributed by atoms with Crippen molar-refractivity contribution in [3.8, 4) is 6.07 Å². The molecule has 0 aliphatic rings. The number of primary amides is 1. The molecule has 1 heterocycles. The van der Waals surface area contributed by atoms with Crippen molar-refractivity contribution in [2.24, 2.45) is 5.73 Å². The Balaban J connectivity index is 0.000000791. The standard InChI is InChI=1S/C7H6ClN3O.C2H6/c1-3-5(8)4(2-9)6(11-3)7(10)12;1-2/h11H,1H3,(H2,10,12);1-2H3. The number of rotatable bonds is 1. The minimum Gasteiger partial charge on any atom is -0.364 e. The van der Waals surface area contributed by atoms with Crippen molar-refractivity contribution >= 4 is 17.5 Å². The van der Waals surface area contributed by atoms with E-state index in [1.54, 1.807) is 13.0 Å². The summed E-state index contributed by atoms with van der Waals surface area (Å²) in [6.45, 7) is 5.66. The highest BCUT2D eigenvalue weighted by atomic mass is 35.5. The second-order valence-corrected chi connectivity index (χ2v) is 2.67. The zero-order chi connectivity index (χ0) is 11.3. The number of amides is 1. The fraction of sp³-hybridized carbons (Fsp3) is 0.333. The summed E-state index contributed by atoms with van der Waals surface area (Å²) in [5.74, 6) is -0.679. The number of carbonyl (C=O) groups excluding carboxylic acids is 1. The Kier molecular flexibility index (Phi) is 4.74. The highest BCUT2D eigenvalue weighted by molar-refractivity contribution is 6.33. The molecule has 14 heavy (non-hydrogen) atoms. The molecule has 0 unspecified atom stereocenters. The van der Waals surface area contributed by atoms with Crippen LogP contribution in [0.15, 0.2) is 0 Å². The molecule has 0 aliphatic heterocycles.